The number of carboxylic acid groups (broad SMARTS) is 1. The SMILES string of the molecule is O=C(O)CC1CC(=O)N2CCOCC12. The summed E-state index contributed by atoms with van der Waals surface area (Å²) in [7, 11) is 0. The molecule has 2 fully saturated rings. The van der Waals surface area contributed by atoms with E-state index in [0.29, 0.717) is 26.2 Å². The Morgan fingerprint density at radius 2 is 2.43 bits per heavy atom. The van der Waals surface area contributed by atoms with E-state index in [4.69, 9.17) is 9.84 Å². The number of ether oxygens (including phenoxy) is 1. The van der Waals surface area contributed by atoms with Crippen LogP contribution in [0.1, 0.15) is 12.8 Å². The quantitative estimate of drug-likeness (QED) is 0.663. The van der Waals surface area contributed by atoms with E-state index >= 15 is 0 Å². The smallest absolute Gasteiger partial charge is 0.303 e. The van der Waals surface area contributed by atoms with Crippen molar-refractivity contribution in [1.82, 2.24) is 4.90 Å². The van der Waals surface area contributed by atoms with Crippen LogP contribution in [0.25, 0.3) is 0 Å². The summed E-state index contributed by atoms with van der Waals surface area (Å²) in [4.78, 5) is 23.8. The lowest BCUT2D eigenvalue weighted by Gasteiger charge is -2.31. The van der Waals surface area contributed by atoms with Gasteiger partial charge in [-0.15, -0.1) is 0 Å². The lowest BCUT2D eigenvalue weighted by atomic mass is 9.97. The summed E-state index contributed by atoms with van der Waals surface area (Å²) >= 11 is 0. The number of nitrogens with zero attached hydrogens (tertiary/aromatic N) is 1. The molecular formula is C9H13NO4. The molecule has 2 aliphatic heterocycles. The third-order valence-corrected chi connectivity index (χ3v) is 2.90. The van der Waals surface area contributed by atoms with Gasteiger partial charge in [-0.25, -0.2) is 0 Å². The zero-order valence-electron chi connectivity index (χ0n) is 7.81. The Morgan fingerprint density at radius 1 is 1.64 bits per heavy atom. The first-order valence-electron chi connectivity index (χ1n) is 4.77. The summed E-state index contributed by atoms with van der Waals surface area (Å²) in [6.07, 6.45) is 0.427. The maximum absolute atomic E-state index is 11.5. The van der Waals surface area contributed by atoms with Gasteiger partial charge in [-0.05, 0) is 0 Å². The molecule has 0 aromatic heterocycles. The van der Waals surface area contributed by atoms with Crippen LogP contribution in [-0.2, 0) is 14.3 Å². The predicted octanol–water partition coefficient (Wildman–Crippen LogP) is -0.292. The minimum Gasteiger partial charge on any atom is -0.481 e. The van der Waals surface area contributed by atoms with Crippen LogP contribution in [-0.4, -0.2) is 47.7 Å². The Morgan fingerprint density at radius 3 is 3.14 bits per heavy atom. The molecule has 1 amide bonds. The minimum absolute atomic E-state index is 0.00708. The molecule has 5 heteroatoms. The molecule has 0 aromatic rings. The monoisotopic (exact) mass is 199 g/mol. The van der Waals surface area contributed by atoms with Crippen LogP contribution < -0.4 is 0 Å². The first-order chi connectivity index (χ1) is 6.68. The Balaban J connectivity index is 2.06. The molecule has 2 rings (SSSR count). The molecule has 14 heavy (non-hydrogen) atoms. The second-order valence-corrected chi connectivity index (χ2v) is 3.79. The Labute approximate surface area is 81.6 Å². The number of morpholine rings is 1. The van der Waals surface area contributed by atoms with Crippen LogP contribution >= 0.6 is 0 Å². The summed E-state index contributed by atoms with van der Waals surface area (Å²) in [5.74, 6) is -0.833. The van der Waals surface area contributed by atoms with Gasteiger partial charge in [-0.1, -0.05) is 0 Å². The molecule has 2 unspecified atom stereocenters. The fourth-order valence-corrected chi connectivity index (χ4v) is 2.23. The van der Waals surface area contributed by atoms with Gasteiger partial charge in [0, 0.05) is 18.9 Å². The normalized spacial score (nSPS) is 31.7. The highest BCUT2D eigenvalue weighted by atomic mass is 16.5. The number of carbonyl (C=O) groups is 2. The van der Waals surface area contributed by atoms with Gasteiger partial charge in [0.25, 0.3) is 0 Å². The van der Waals surface area contributed by atoms with Crippen molar-refractivity contribution in [2.24, 2.45) is 5.92 Å². The highest BCUT2D eigenvalue weighted by Crippen LogP contribution is 2.30. The minimum atomic E-state index is -0.838. The number of rotatable bonds is 2. The number of hydrogen-bond donors (Lipinski definition) is 1. The van der Waals surface area contributed by atoms with Crippen molar-refractivity contribution >= 4 is 11.9 Å². The lowest BCUT2D eigenvalue weighted by Crippen LogP contribution is -2.45. The molecule has 0 bridgehead atoms. The summed E-state index contributed by atoms with van der Waals surface area (Å²) < 4.78 is 5.26. The van der Waals surface area contributed by atoms with E-state index in [0.717, 1.165) is 0 Å². The second kappa shape index (κ2) is 3.57. The zero-order valence-corrected chi connectivity index (χ0v) is 7.81. The standard InChI is InChI=1S/C9H13NO4/c11-8-3-6(4-9(12)13)7-5-14-2-1-10(7)8/h6-7H,1-5H2,(H,12,13). The summed E-state index contributed by atoms with van der Waals surface area (Å²) in [5, 5.41) is 8.68. The number of fused-ring (bicyclic) bond motifs is 1. The maximum Gasteiger partial charge on any atom is 0.303 e. The van der Waals surface area contributed by atoms with Crippen LogP contribution in [0, 0.1) is 5.92 Å². The average molecular weight is 199 g/mol. The van der Waals surface area contributed by atoms with Gasteiger partial charge in [-0.3, -0.25) is 9.59 Å². The van der Waals surface area contributed by atoms with Gasteiger partial charge in [-0.2, -0.15) is 0 Å². The molecule has 2 aliphatic rings. The molecule has 5 nitrogen and oxygen atoms in total. The average Bonchev–Trinajstić information content (AvgIpc) is 2.44. The Kier molecular flexibility index (Phi) is 2.41. The van der Waals surface area contributed by atoms with Crippen molar-refractivity contribution < 1.29 is 19.4 Å². The highest BCUT2D eigenvalue weighted by molar-refractivity contribution is 5.80. The van der Waals surface area contributed by atoms with Crippen LogP contribution in [0.3, 0.4) is 0 Å². The second-order valence-electron chi connectivity index (χ2n) is 3.79. The van der Waals surface area contributed by atoms with E-state index in [1.807, 2.05) is 0 Å². The zero-order chi connectivity index (χ0) is 10.1. The summed E-state index contributed by atoms with van der Waals surface area (Å²) in [5.41, 5.74) is 0. The fraction of sp³-hybridized carbons (Fsp3) is 0.778. The topological polar surface area (TPSA) is 66.8 Å². The van der Waals surface area contributed by atoms with E-state index in [1.165, 1.54) is 0 Å². The Bertz CT molecular complexity index is 266. The van der Waals surface area contributed by atoms with Crippen molar-refractivity contribution in [1.29, 1.82) is 0 Å². The fourth-order valence-electron chi connectivity index (χ4n) is 2.23. The molecule has 0 spiro atoms. The van der Waals surface area contributed by atoms with Crippen LogP contribution in [0.4, 0.5) is 0 Å². The van der Waals surface area contributed by atoms with Crippen molar-refractivity contribution in [3.8, 4) is 0 Å². The van der Waals surface area contributed by atoms with Gasteiger partial charge in [0.05, 0.1) is 25.7 Å². The first kappa shape index (κ1) is 9.45. The van der Waals surface area contributed by atoms with E-state index in [-0.39, 0.29) is 24.3 Å². The number of aliphatic carboxylic acids is 1. The third-order valence-electron chi connectivity index (χ3n) is 2.90. The molecule has 2 atom stereocenters. The molecule has 0 aromatic carbocycles. The number of hydrogen-bond acceptors (Lipinski definition) is 3. The summed E-state index contributed by atoms with van der Waals surface area (Å²) in [6.45, 7) is 1.67. The Hall–Kier alpha value is -1.10. The molecule has 2 saturated heterocycles. The van der Waals surface area contributed by atoms with Gasteiger partial charge in [0.1, 0.15) is 0 Å². The maximum atomic E-state index is 11.5. The molecular weight excluding hydrogens is 186 g/mol. The first-order valence-corrected chi connectivity index (χ1v) is 4.77. The van der Waals surface area contributed by atoms with Crippen molar-refractivity contribution in [3.05, 3.63) is 0 Å². The lowest BCUT2D eigenvalue weighted by molar-refractivity contribution is -0.139. The van der Waals surface area contributed by atoms with Crippen LogP contribution in [0.15, 0.2) is 0 Å². The number of carbonyl (C=O) groups excluding carboxylic acids is 1. The molecule has 78 valence electrons. The van der Waals surface area contributed by atoms with Gasteiger partial charge < -0.3 is 14.7 Å². The number of carboxylic acids is 1. The van der Waals surface area contributed by atoms with Crippen molar-refractivity contribution in [2.75, 3.05) is 19.8 Å². The third kappa shape index (κ3) is 1.59. The van der Waals surface area contributed by atoms with Crippen LogP contribution in [0.5, 0.6) is 0 Å². The number of amides is 1. The molecule has 0 saturated carbocycles. The largest absolute Gasteiger partial charge is 0.481 e. The van der Waals surface area contributed by atoms with Crippen molar-refractivity contribution in [2.45, 2.75) is 18.9 Å². The van der Waals surface area contributed by atoms with E-state index in [9.17, 15) is 9.59 Å². The van der Waals surface area contributed by atoms with Gasteiger partial charge in [0.15, 0.2) is 0 Å². The molecule has 1 N–H and O–H groups in total. The molecule has 0 radical (unpaired) electrons. The van der Waals surface area contributed by atoms with E-state index in [1.54, 1.807) is 4.90 Å². The molecule has 0 aliphatic carbocycles. The molecule has 2 heterocycles. The van der Waals surface area contributed by atoms with Gasteiger partial charge in [0.2, 0.25) is 5.91 Å². The van der Waals surface area contributed by atoms with Gasteiger partial charge >= 0.3 is 5.97 Å². The highest BCUT2D eigenvalue weighted by Gasteiger charge is 2.41. The predicted molar refractivity (Wildman–Crippen MR) is 46.7 cm³/mol. The summed E-state index contributed by atoms with van der Waals surface area (Å²) in [6, 6.07) is -0.00708. The van der Waals surface area contributed by atoms with E-state index < -0.39 is 5.97 Å². The van der Waals surface area contributed by atoms with E-state index in [2.05, 4.69) is 0 Å². The van der Waals surface area contributed by atoms with Crippen LogP contribution in [0.2, 0.25) is 0 Å². The van der Waals surface area contributed by atoms with Crippen molar-refractivity contribution in [3.63, 3.8) is 0 Å².